The summed E-state index contributed by atoms with van der Waals surface area (Å²) in [5.41, 5.74) is 1.08. The quantitative estimate of drug-likeness (QED) is 0.399. The molecule has 0 radical (unpaired) electrons. The molecule has 1 saturated carbocycles. The molecule has 8 heteroatoms. The van der Waals surface area contributed by atoms with E-state index in [1.54, 1.807) is 36.4 Å². The number of benzene rings is 2. The Kier molecular flexibility index (Phi) is 8.84. The van der Waals surface area contributed by atoms with E-state index in [1.807, 2.05) is 0 Å². The zero-order chi connectivity index (χ0) is 25.1. The van der Waals surface area contributed by atoms with E-state index >= 15 is 0 Å². The molecule has 1 fully saturated rings. The Hall–Kier alpha value is -1.46. The van der Waals surface area contributed by atoms with Crippen LogP contribution in [-0.2, 0) is 22.4 Å². The molecule has 0 unspecified atom stereocenters. The average Bonchev–Trinajstić information content (AvgIpc) is 2.71. The largest absolute Gasteiger partial charge is 0.355 e. The first-order valence-electron chi connectivity index (χ1n) is 11.3. The van der Waals surface area contributed by atoms with Gasteiger partial charge in [-0.15, -0.1) is 0 Å². The second-order valence-electron chi connectivity index (χ2n) is 10.4. The number of hydrogen-bond donors (Lipinski definition) is 2. The lowest BCUT2D eigenvalue weighted by molar-refractivity contribution is -0.123. The normalized spacial score (nSPS) is 21.7. The van der Waals surface area contributed by atoms with Crippen LogP contribution in [0.1, 0.15) is 51.2 Å². The highest BCUT2D eigenvalue weighted by molar-refractivity contribution is 6.36. The van der Waals surface area contributed by atoms with Crippen LogP contribution in [0.3, 0.4) is 0 Å². The molecule has 184 valence electrons. The zero-order valence-electron chi connectivity index (χ0n) is 19.6. The lowest BCUT2D eigenvalue weighted by atomic mass is 9.62. The molecule has 0 heterocycles. The molecule has 2 aromatic rings. The molecule has 2 N–H and O–H groups in total. The van der Waals surface area contributed by atoms with Gasteiger partial charge in [0.15, 0.2) is 0 Å². The van der Waals surface area contributed by atoms with Crippen LogP contribution in [0.4, 0.5) is 0 Å². The predicted octanol–water partition coefficient (Wildman–Crippen LogP) is 6.90. The highest BCUT2D eigenvalue weighted by Gasteiger charge is 2.41. The minimum absolute atomic E-state index is 0.00373. The molecule has 3 rings (SSSR count). The standard InChI is InChI=1S/C26H30Cl4N2O2/c1-25(2)12-16(32-24(34)11-18-21(29)8-5-9-22(18)30)13-26(3,14-25)15-31-23(33)10-17-19(27)6-4-7-20(17)28/h4-9,16H,10-15H2,1-3H3,(H,31,33)(H,32,34)/t16-,26+/m1/s1. The van der Waals surface area contributed by atoms with Crippen LogP contribution in [0, 0.1) is 10.8 Å². The summed E-state index contributed by atoms with van der Waals surface area (Å²) < 4.78 is 0. The Morgan fingerprint density at radius 1 is 0.824 bits per heavy atom. The Bertz CT molecular complexity index is 1030. The second kappa shape index (κ2) is 11.1. The zero-order valence-corrected chi connectivity index (χ0v) is 22.6. The Morgan fingerprint density at radius 2 is 1.29 bits per heavy atom. The fourth-order valence-electron chi connectivity index (χ4n) is 5.25. The minimum Gasteiger partial charge on any atom is -0.355 e. The summed E-state index contributed by atoms with van der Waals surface area (Å²) in [4.78, 5) is 25.5. The first-order valence-corrected chi connectivity index (χ1v) is 12.8. The van der Waals surface area contributed by atoms with Crippen LogP contribution in [0.5, 0.6) is 0 Å². The number of nitrogens with one attached hydrogen (secondary N) is 2. The van der Waals surface area contributed by atoms with Gasteiger partial charge in [-0.3, -0.25) is 9.59 Å². The molecular weight excluding hydrogens is 514 g/mol. The fraction of sp³-hybridized carbons (Fsp3) is 0.462. The van der Waals surface area contributed by atoms with Gasteiger partial charge >= 0.3 is 0 Å². The lowest BCUT2D eigenvalue weighted by Gasteiger charge is -2.47. The summed E-state index contributed by atoms with van der Waals surface area (Å²) >= 11 is 24.9. The maximum atomic E-state index is 12.8. The van der Waals surface area contributed by atoms with Crippen LogP contribution in [0.25, 0.3) is 0 Å². The Labute approximate surface area is 221 Å². The van der Waals surface area contributed by atoms with Gasteiger partial charge in [0, 0.05) is 32.7 Å². The molecule has 0 bridgehead atoms. The van der Waals surface area contributed by atoms with Crippen LogP contribution in [-0.4, -0.2) is 24.4 Å². The number of halogens is 4. The molecule has 34 heavy (non-hydrogen) atoms. The van der Waals surface area contributed by atoms with Gasteiger partial charge in [-0.05, 0) is 65.5 Å². The van der Waals surface area contributed by atoms with Crippen molar-refractivity contribution in [3.63, 3.8) is 0 Å². The third kappa shape index (κ3) is 7.27. The maximum absolute atomic E-state index is 12.8. The number of rotatable bonds is 7. The van der Waals surface area contributed by atoms with E-state index in [0.717, 1.165) is 19.3 Å². The van der Waals surface area contributed by atoms with E-state index in [4.69, 9.17) is 46.4 Å². The topological polar surface area (TPSA) is 58.2 Å². The number of hydrogen-bond acceptors (Lipinski definition) is 2. The van der Waals surface area contributed by atoms with Crippen molar-refractivity contribution in [2.45, 2.75) is 58.9 Å². The van der Waals surface area contributed by atoms with Crippen molar-refractivity contribution < 1.29 is 9.59 Å². The van der Waals surface area contributed by atoms with E-state index in [-0.39, 0.29) is 41.5 Å². The van der Waals surface area contributed by atoms with Gasteiger partial charge in [0.25, 0.3) is 0 Å². The van der Waals surface area contributed by atoms with Gasteiger partial charge in [0.2, 0.25) is 11.8 Å². The van der Waals surface area contributed by atoms with Gasteiger partial charge in [0.1, 0.15) is 0 Å². The molecule has 1 aliphatic carbocycles. The summed E-state index contributed by atoms with van der Waals surface area (Å²) in [6.07, 6.45) is 2.79. The monoisotopic (exact) mass is 542 g/mol. The van der Waals surface area contributed by atoms with Crippen molar-refractivity contribution in [1.29, 1.82) is 0 Å². The lowest BCUT2D eigenvalue weighted by Crippen LogP contribution is -2.50. The van der Waals surface area contributed by atoms with Crippen LogP contribution in [0.2, 0.25) is 20.1 Å². The molecule has 2 atom stereocenters. The van der Waals surface area contributed by atoms with E-state index in [1.165, 1.54) is 0 Å². The maximum Gasteiger partial charge on any atom is 0.224 e. The summed E-state index contributed by atoms with van der Waals surface area (Å²) in [5, 5.41) is 8.16. The molecule has 2 aromatic carbocycles. The molecular formula is C26H30Cl4N2O2. The van der Waals surface area contributed by atoms with E-state index in [0.29, 0.717) is 37.8 Å². The molecule has 0 saturated heterocycles. The molecule has 1 aliphatic rings. The van der Waals surface area contributed by atoms with Crippen molar-refractivity contribution >= 4 is 58.2 Å². The fourth-order valence-corrected chi connectivity index (χ4v) is 6.31. The van der Waals surface area contributed by atoms with Crippen LogP contribution in [0.15, 0.2) is 36.4 Å². The Balaban J connectivity index is 1.62. The molecule has 0 aromatic heterocycles. The van der Waals surface area contributed by atoms with Crippen molar-refractivity contribution in [1.82, 2.24) is 10.6 Å². The number of carbonyl (C=O) groups excluding carboxylic acids is 2. The van der Waals surface area contributed by atoms with E-state index < -0.39 is 0 Å². The molecule has 0 aliphatic heterocycles. The van der Waals surface area contributed by atoms with E-state index in [2.05, 4.69) is 31.4 Å². The number of carbonyl (C=O) groups is 2. The van der Waals surface area contributed by atoms with Crippen molar-refractivity contribution in [3.8, 4) is 0 Å². The third-order valence-corrected chi connectivity index (χ3v) is 7.74. The third-order valence-electron chi connectivity index (χ3n) is 6.32. The summed E-state index contributed by atoms with van der Waals surface area (Å²) in [6.45, 7) is 7.04. The first kappa shape index (κ1) is 27.1. The van der Waals surface area contributed by atoms with Crippen molar-refractivity contribution in [2.75, 3.05) is 6.54 Å². The molecule has 0 spiro atoms. The summed E-state index contributed by atoms with van der Waals surface area (Å²) in [6, 6.07) is 10.4. The highest BCUT2D eigenvalue weighted by atomic mass is 35.5. The van der Waals surface area contributed by atoms with Crippen molar-refractivity contribution in [3.05, 3.63) is 67.6 Å². The average molecular weight is 544 g/mol. The van der Waals surface area contributed by atoms with Crippen LogP contribution < -0.4 is 10.6 Å². The predicted molar refractivity (Wildman–Crippen MR) is 141 cm³/mol. The highest BCUT2D eigenvalue weighted by Crippen LogP contribution is 2.46. The number of amides is 2. The van der Waals surface area contributed by atoms with Gasteiger partial charge < -0.3 is 10.6 Å². The van der Waals surface area contributed by atoms with Gasteiger partial charge in [-0.25, -0.2) is 0 Å². The molecule has 4 nitrogen and oxygen atoms in total. The van der Waals surface area contributed by atoms with E-state index in [9.17, 15) is 9.59 Å². The summed E-state index contributed by atoms with van der Waals surface area (Å²) in [5.74, 6) is -0.244. The van der Waals surface area contributed by atoms with Gasteiger partial charge in [0.05, 0.1) is 12.8 Å². The first-order chi connectivity index (χ1) is 15.9. The van der Waals surface area contributed by atoms with Gasteiger partial charge in [-0.2, -0.15) is 0 Å². The van der Waals surface area contributed by atoms with Gasteiger partial charge in [-0.1, -0.05) is 79.3 Å². The minimum atomic E-state index is -0.179. The summed E-state index contributed by atoms with van der Waals surface area (Å²) in [7, 11) is 0. The SMILES string of the molecule is CC1(C)C[C@@H](NC(=O)Cc2c(Cl)cccc2Cl)C[C@](C)(CNC(=O)Cc2c(Cl)cccc2Cl)C1. The Morgan fingerprint density at radius 3 is 1.79 bits per heavy atom. The van der Waals surface area contributed by atoms with Crippen LogP contribution >= 0.6 is 46.4 Å². The smallest absolute Gasteiger partial charge is 0.224 e. The van der Waals surface area contributed by atoms with Crippen molar-refractivity contribution in [2.24, 2.45) is 10.8 Å². The second-order valence-corrected chi connectivity index (χ2v) is 12.0. The molecule has 2 amide bonds.